The molecular formula is C15H21N3. The van der Waals surface area contributed by atoms with Crippen LogP contribution in [0, 0.1) is 13.8 Å². The highest BCUT2D eigenvalue weighted by Crippen LogP contribution is 2.15. The quantitative estimate of drug-likeness (QED) is 0.895. The summed E-state index contributed by atoms with van der Waals surface area (Å²) in [4.78, 5) is 4.15. The van der Waals surface area contributed by atoms with Crippen LogP contribution in [-0.4, -0.2) is 9.55 Å². The number of aromatic nitrogens is 2. The van der Waals surface area contributed by atoms with Gasteiger partial charge in [-0.3, -0.25) is 4.98 Å². The van der Waals surface area contributed by atoms with Crippen molar-refractivity contribution in [3.8, 4) is 0 Å². The van der Waals surface area contributed by atoms with Crippen LogP contribution in [0.2, 0.25) is 0 Å². The summed E-state index contributed by atoms with van der Waals surface area (Å²) in [6.45, 7) is 7.37. The van der Waals surface area contributed by atoms with Gasteiger partial charge in [-0.2, -0.15) is 0 Å². The summed E-state index contributed by atoms with van der Waals surface area (Å²) >= 11 is 0. The summed E-state index contributed by atoms with van der Waals surface area (Å²) in [5, 5.41) is 3.54. The Balaban J connectivity index is 2.02. The van der Waals surface area contributed by atoms with Crippen LogP contribution >= 0.6 is 0 Å². The molecule has 96 valence electrons. The summed E-state index contributed by atoms with van der Waals surface area (Å²) in [5.41, 5.74) is 5.23. The van der Waals surface area contributed by atoms with Gasteiger partial charge < -0.3 is 9.88 Å². The number of hydrogen-bond donors (Lipinski definition) is 1. The van der Waals surface area contributed by atoms with Gasteiger partial charge in [0.15, 0.2) is 0 Å². The molecule has 3 heteroatoms. The van der Waals surface area contributed by atoms with Gasteiger partial charge in [-0.15, -0.1) is 0 Å². The largest absolute Gasteiger partial charge is 0.352 e. The fourth-order valence-electron chi connectivity index (χ4n) is 2.13. The lowest BCUT2D eigenvalue weighted by Gasteiger charge is -2.13. The smallest absolute Gasteiger partial charge is 0.0315 e. The van der Waals surface area contributed by atoms with Gasteiger partial charge in [0.05, 0.1) is 0 Å². The van der Waals surface area contributed by atoms with Crippen LogP contribution in [0.1, 0.15) is 35.5 Å². The highest BCUT2D eigenvalue weighted by atomic mass is 15.0. The molecule has 0 aliphatic heterocycles. The van der Waals surface area contributed by atoms with E-state index in [1.54, 1.807) is 6.20 Å². The lowest BCUT2D eigenvalue weighted by Crippen LogP contribution is -2.18. The van der Waals surface area contributed by atoms with Gasteiger partial charge in [-0.1, -0.05) is 6.07 Å². The Morgan fingerprint density at radius 3 is 2.72 bits per heavy atom. The number of hydrogen-bond acceptors (Lipinski definition) is 2. The van der Waals surface area contributed by atoms with E-state index in [2.05, 4.69) is 54.8 Å². The predicted molar refractivity (Wildman–Crippen MR) is 74.4 cm³/mol. The zero-order valence-electron chi connectivity index (χ0n) is 11.6. The van der Waals surface area contributed by atoms with E-state index in [1.165, 1.54) is 22.5 Å². The van der Waals surface area contributed by atoms with Crippen LogP contribution in [0.3, 0.4) is 0 Å². The first-order chi connectivity index (χ1) is 8.59. The average Bonchev–Trinajstić information content (AvgIpc) is 2.64. The molecular weight excluding hydrogens is 222 g/mol. The third-order valence-corrected chi connectivity index (χ3v) is 3.66. The SMILES string of the molecule is Cc1cc(CN[C@H](C)c2cccnc2)c(C)n1C. The first kappa shape index (κ1) is 12.8. The summed E-state index contributed by atoms with van der Waals surface area (Å²) < 4.78 is 2.23. The summed E-state index contributed by atoms with van der Waals surface area (Å²) in [7, 11) is 2.11. The summed E-state index contributed by atoms with van der Waals surface area (Å²) in [6, 6.07) is 6.65. The van der Waals surface area contributed by atoms with Gasteiger partial charge in [0.1, 0.15) is 0 Å². The third-order valence-electron chi connectivity index (χ3n) is 3.66. The summed E-state index contributed by atoms with van der Waals surface area (Å²) in [5.74, 6) is 0. The molecule has 1 atom stereocenters. The van der Waals surface area contributed by atoms with Crippen LogP contribution in [-0.2, 0) is 13.6 Å². The molecule has 0 radical (unpaired) electrons. The number of aryl methyl sites for hydroxylation is 1. The van der Waals surface area contributed by atoms with Gasteiger partial charge in [-0.05, 0) is 44.0 Å². The first-order valence-electron chi connectivity index (χ1n) is 6.34. The zero-order valence-corrected chi connectivity index (χ0v) is 11.6. The van der Waals surface area contributed by atoms with Crippen molar-refractivity contribution in [2.45, 2.75) is 33.4 Å². The molecule has 2 aromatic heterocycles. The van der Waals surface area contributed by atoms with Crippen molar-refractivity contribution in [3.05, 3.63) is 53.1 Å². The van der Waals surface area contributed by atoms with Gasteiger partial charge >= 0.3 is 0 Å². The van der Waals surface area contributed by atoms with E-state index in [0.29, 0.717) is 6.04 Å². The molecule has 3 nitrogen and oxygen atoms in total. The topological polar surface area (TPSA) is 29.9 Å². The molecule has 2 rings (SSSR count). The molecule has 1 N–H and O–H groups in total. The molecule has 0 saturated carbocycles. The Labute approximate surface area is 109 Å². The Morgan fingerprint density at radius 2 is 2.17 bits per heavy atom. The molecule has 0 bridgehead atoms. The van der Waals surface area contributed by atoms with E-state index < -0.39 is 0 Å². The second-order valence-corrected chi connectivity index (χ2v) is 4.84. The predicted octanol–water partition coefficient (Wildman–Crippen LogP) is 2.89. The number of nitrogens with zero attached hydrogens (tertiary/aromatic N) is 2. The number of rotatable bonds is 4. The van der Waals surface area contributed by atoms with Crippen LogP contribution in [0.25, 0.3) is 0 Å². The van der Waals surface area contributed by atoms with Gasteiger partial charge in [-0.25, -0.2) is 0 Å². The molecule has 0 aliphatic rings. The lowest BCUT2D eigenvalue weighted by atomic mass is 10.1. The van der Waals surface area contributed by atoms with E-state index in [0.717, 1.165) is 6.54 Å². The normalized spacial score (nSPS) is 12.7. The fraction of sp³-hybridized carbons (Fsp3) is 0.400. The van der Waals surface area contributed by atoms with Crippen LogP contribution in [0.4, 0.5) is 0 Å². The molecule has 2 aromatic rings. The number of pyridine rings is 1. The van der Waals surface area contributed by atoms with Gasteiger partial charge in [0, 0.05) is 43.4 Å². The van der Waals surface area contributed by atoms with Crippen molar-refractivity contribution in [3.63, 3.8) is 0 Å². The standard InChI is InChI=1S/C15H21N3/c1-11-8-15(13(3)18(11)4)10-17-12(2)14-6-5-7-16-9-14/h5-9,12,17H,10H2,1-4H3/t12-/m1/s1. The lowest BCUT2D eigenvalue weighted by molar-refractivity contribution is 0.571. The fourth-order valence-corrected chi connectivity index (χ4v) is 2.13. The van der Waals surface area contributed by atoms with Crippen molar-refractivity contribution in [2.75, 3.05) is 0 Å². The molecule has 0 aliphatic carbocycles. The van der Waals surface area contributed by atoms with E-state index in [9.17, 15) is 0 Å². The first-order valence-corrected chi connectivity index (χ1v) is 6.34. The van der Waals surface area contributed by atoms with E-state index in [1.807, 2.05) is 12.3 Å². The second-order valence-electron chi connectivity index (χ2n) is 4.84. The monoisotopic (exact) mass is 243 g/mol. The molecule has 0 amide bonds. The Kier molecular flexibility index (Phi) is 3.82. The van der Waals surface area contributed by atoms with Crippen molar-refractivity contribution < 1.29 is 0 Å². The average molecular weight is 243 g/mol. The minimum atomic E-state index is 0.318. The number of nitrogens with one attached hydrogen (secondary N) is 1. The van der Waals surface area contributed by atoms with E-state index in [-0.39, 0.29) is 0 Å². The van der Waals surface area contributed by atoms with Crippen LogP contribution in [0.15, 0.2) is 30.6 Å². The van der Waals surface area contributed by atoms with Gasteiger partial charge in [0.25, 0.3) is 0 Å². The molecule has 0 fully saturated rings. The molecule has 0 unspecified atom stereocenters. The Bertz CT molecular complexity index is 514. The van der Waals surface area contributed by atoms with E-state index in [4.69, 9.17) is 0 Å². The molecule has 2 heterocycles. The van der Waals surface area contributed by atoms with Crippen molar-refractivity contribution in [2.24, 2.45) is 7.05 Å². The third kappa shape index (κ3) is 2.62. The highest BCUT2D eigenvalue weighted by Gasteiger charge is 2.08. The molecule has 0 spiro atoms. The maximum absolute atomic E-state index is 4.15. The Morgan fingerprint density at radius 1 is 1.39 bits per heavy atom. The molecule has 0 aromatic carbocycles. The minimum Gasteiger partial charge on any atom is -0.352 e. The maximum atomic E-state index is 4.15. The zero-order chi connectivity index (χ0) is 13.1. The van der Waals surface area contributed by atoms with Crippen molar-refractivity contribution >= 4 is 0 Å². The second kappa shape index (κ2) is 5.36. The molecule has 0 saturated heterocycles. The van der Waals surface area contributed by atoms with Crippen LogP contribution < -0.4 is 5.32 Å². The molecule has 18 heavy (non-hydrogen) atoms. The Hall–Kier alpha value is -1.61. The van der Waals surface area contributed by atoms with Crippen molar-refractivity contribution in [1.29, 1.82) is 0 Å². The minimum absolute atomic E-state index is 0.318. The van der Waals surface area contributed by atoms with Crippen molar-refractivity contribution in [1.82, 2.24) is 14.9 Å². The highest BCUT2D eigenvalue weighted by molar-refractivity contribution is 5.26. The van der Waals surface area contributed by atoms with Gasteiger partial charge in [0.2, 0.25) is 0 Å². The van der Waals surface area contributed by atoms with Crippen LogP contribution in [0.5, 0.6) is 0 Å². The summed E-state index contributed by atoms with van der Waals surface area (Å²) in [6.07, 6.45) is 3.72. The van der Waals surface area contributed by atoms with E-state index >= 15 is 0 Å². The maximum Gasteiger partial charge on any atom is 0.0315 e.